The van der Waals surface area contributed by atoms with Gasteiger partial charge >= 0.3 is 5.97 Å². The molecule has 2 amide bonds. The second-order valence-electron chi connectivity index (χ2n) is 5.91. The van der Waals surface area contributed by atoms with Crippen LogP contribution in [0.2, 0.25) is 0 Å². The number of benzene rings is 2. The number of thioether (sulfide) groups is 1. The van der Waals surface area contributed by atoms with Gasteiger partial charge in [-0.2, -0.15) is 5.26 Å². The van der Waals surface area contributed by atoms with E-state index in [0.717, 1.165) is 4.90 Å². The largest absolute Gasteiger partial charge is 0.452 e. The van der Waals surface area contributed by atoms with Crippen LogP contribution in [0, 0.1) is 11.3 Å². The maximum absolute atomic E-state index is 12.5. The van der Waals surface area contributed by atoms with Crippen molar-refractivity contribution < 1.29 is 19.1 Å². The second-order valence-corrected chi connectivity index (χ2v) is 6.93. The summed E-state index contributed by atoms with van der Waals surface area (Å²) in [5.41, 5.74) is 1.44. The van der Waals surface area contributed by atoms with Crippen molar-refractivity contribution in [2.24, 2.45) is 0 Å². The zero-order valence-corrected chi connectivity index (χ0v) is 15.7. The molecule has 7 nitrogen and oxygen atoms in total. The van der Waals surface area contributed by atoms with Crippen LogP contribution in [0.25, 0.3) is 0 Å². The number of nitriles is 1. The van der Waals surface area contributed by atoms with Gasteiger partial charge in [0.2, 0.25) is 5.91 Å². The molecule has 0 fully saturated rings. The van der Waals surface area contributed by atoms with Crippen LogP contribution in [-0.2, 0) is 14.3 Å². The van der Waals surface area contributed by atoms with E-state index in [4.69, 9.17) is 10.00 Å². The molecule has 1 N–H and O–H groups in total. The fraction of sp³-hybridized carbons (Fsp3) is 0.200. The highest BCUT2D eigenvalue weighted by Crippen LogP contribution is 2.32. The number of nitrogens with one attached hydrogen (secondary N) is 1. The highest BCUT2D eigenvalue weighted by atomic mass is 32.2. The van der Waals surface area contributed by atoms with Gasteiger partial charge in [-0.15, -0.1) is 11.8 Å². The first-order valence-corrected chi connectivity index (χ1v) is 9.53. The Bertz CT molecular complexity index is 940. The SMILES string of the molecule is N#CCCN(C(=O)COC(=O)c1ccc2c(c1)NC(=O)CS2)c1ccccc1. The lowest BCUT2D eigenvalue weighted by atomic mass is 10.2. The molecule has 1 aliphatic heterocycles. The Morgan fingerprint density at radius 1 is 1.21 bits per heavy atom. The zero-order valence-electron chi connectivity index (χ0n) is 14.9. The molecule has 2 aromatic carbocycles. The van der Waals surface area contributed by atoms with Gasteiger partial charge in [0.1, 0.15) is 0 Å². The number of carbonyl (C=O) groups excluding carboxylic acids is 3. The first-order chi connectivity index (χ1) is 13.6. The van der Waals surface area contributed by atoms with Crippen LogP contribution in [0.5, 0.6) is 0 Å². The second kappa shape index (κ2) is 9.06. The lowest BCUT2D eigenvalue weighted by Crippen LogP contribution is -2.35. The molecule has 0 bridgehead atoms. The highest BCUT2D eigenvalue weighted by Gasteiger charge is 2.20. The number of hydrogen-bond donors (Lipinski definition) is 1. The topological polar surface area (TPSA) is 99.5 Å². The molecule has 8 heteroatoms. The van der Waals surface area contributed by atoms with Gasteiger partial charge in [-0.3, -0.25) is 9.59 Å². The number of ether oxygens (including phenoxy) is 1. The van der Waals surface area contributed by atoms with Crippen molar-refractivity contribution in [3.05, 3.63) is 54.1 Å². The standard InChI is InChI=1S/C20H17N3O4S/c21-9-4-10-23(15-5-2-1-3-6-15)19(25)12-27-20(26)14-7-8-17-16(11-14)22-18(24)13-28-17/h1-3,5-8,11H,4,10,12-13H2,(H,22,24). The van der Waals surface area contributed by atoms with Crippen LogP contribution in [0.1, 0.15) is 16.8 Å². The maximum Gasteiger partial charge on any atom is 0.338 e. The molecule has 1 heterocycles. The van der Waals surface area contributed by atoms with Gasteiger partial charge in [0.05, 0.1) is 29.5 Å². The molecule has 0 aromatic heterocycles. The van der Waals surface area contributed by atoms with Gasteiger partial charge in [0.15, 0.2) is 6.61 Å². The van der Waals surface area contributed by atoms with E-state index in [-0.39, 0.29) is 24.4 Å². The minimum absolute atomic E-state index is 0.130. The molecule has 0 saturated heterocycles. The van der Waals surface area contributed by atoms with Gasteiger partial charge in [-0.25, -0.2) is 4.79 Å². The van der Waals surface area contributed by atoms with Crippen LogP contribution >= 0.6 is 11.8 Å². The molecule has 142 valence electrons. The summed E-state index contributed by atoms with van der Waals surface area (Å²) in [6.45, 7) is -0.240. The summed E-state index contributed by atoms with van der Waals surface area (Å²) in [6.07, 6.45) is 0.163. The van der Waals surface area contributed by atoms with Crippen LogP contribution in [0.3, 0.4) is 0 Å². The minimum atomic E-state index is -0.658. The molecular formula is C20H17N3O4S. The number of esters is 1. The summed E-state index contributed by atoms with van der Waals surface area (Å²) in [7, 11) is 0. The molecule has 1 aliphatic rings. The van der Waals surface area contributed by atoms with Crippen molar-refractivity contribution >= 4 is 40.9 Å². The molecule has 2 aromatic rings. The van der Waals surface area contributed by atoms with Crippen molar-refractivity contribution in [1.29, 1.82) is 5.26 Å². The quantitative estimate of drug-likeness (QED) is 0.755. The Balaban J connectivity index is 1.66. The third kappa shape index (κ3) is 4.69. The number of fused-ring (bicyclic) bond motifs is 1. The van der Waals surface area contributed by atoms with Gasteiger partial charge in [-0.1, -0.05) is 18.2 Å². The highest BCUT2D eigenvalue weighted by molar-refractivity contribution is 8.00. The zero-order chi connectivity index (χ0) is 19.9. The van der Waals surface area contributed by atoms with E-state index in [1.54, 1.807) is 36.4 Å². The van der Waals surface area contributed by atoms with Crippen molar-refractivity contribution in [1.82, 2.24) is 0 Å². The predicted molar refractivity (Wildman–Crippen MR) is 105 cm³/mol. The Hall–Kier alpha value is -3.31. The summed E-state index contributed by atoms with van der Waals surface area (Å²) >= 11 is 1.39. The number of amides is 2. The molecule has 0 spiro atoms. The number of rotatable bonds is 6. The third-order valence-electron chi connectivity index (χ3n) is 3.99. The Kier molecular flexibility index (Phi) is 6.29. The van der Waals surface area contributed by atoms with Gasteiger partial charge in [-0.05, 0) is 30.3 Å². The number of anilines is 2. The molecule has 0 aliphatic carbocycles. The summed E-state index contributed by atoms with van der Waals surface area (Å²) in [6, 6.07) is 15.8. The van der Waals surface area contributed by atoms with Gasteiger partial charge in [0, 0.05) is 17.1 Å². The lowest BCUT2D eigenvalue weighted by molar-refractivity contribution is -0.121. The molecular weight excluding hydrogens is 378 g/mol. The number of hydrogen-bond acceptors (Lipinski definition) is 6. The minimum Gasteiger partial charge on any atom is -0.452 e. The molecule has 28 heavy (non-hydrogen) atoms. The molecule has 0 saturated carbocycles. The number of nitrogens with zero attached hydrogens (tertiary/aromatic N) is 2. The van der Waals surface area contributed by atoms with E-state index in [9.17, 15) is 14.4 Å². The van der Waals surface area contributed by atoms with Crippen LogP contribution in [-0.4, -0.2) is 36.7 Å². The molecule has 0 atom stereocenters. The van der Waals surface area contributed by atoms with E-state index in [0.29, 0.717) is 17.1 Å². The fourth-order valence-electron chi connectivity index (χ4n) is 2.67. The average Bonchev–Trinajstić information content (AvgIpc) is 2.72. The average molecular weight is 395 g/mol. The first kappa shape index (κ1) is 19.5. The fourth-order valence-corrected chi connectivity index (χ4v) is 3.45. The van der Waals surface area contributed by atoms with E-state index < -0.39 is 18.5 Å². The normalized spacial score (nSPS) is 12.3. The van der Waals surface area contributed by atoms with Gasteiger partial charge < -0.3 is 15.0 Å². The summed E-state index contributed by atoms with van der Waals surface area (Å²) in [4.78, 5) is 38.7. The lowest BCUT2D eigenvalue weighted by Gasteiger charge is -2.21. The van der Waals surface area contributed by atoms with E-state index in [2.05, 4.69) is 5.32 Å². The molecule has 3 rings (SSSR count). The smallest absolute Gasteiger partial charge is 0.338 e. The monoisotopic (exact) mass is 395 g/mol. The summed E-state index contributed by atoms with van der Waals surface area (Å²) in [5, 5.41) is 11.5. The van der Waals surface area contributed by atoms with Crippen LogP contribution in [0.4, 0.5) is 11.4 Å². The molecule has 0 radical (unpaired) electrons. The Morgan fingerprint density at radius 2 is 2.00 bits per heavy atom. The number of para-hydroxylation sites is 1. The summed E-state index contributed by atoms with van der Waals surface area (Å²) < 4.78 is 5.16. The van der Waals surface area contributed by atoms with Crippen LogP contribution in [0.15, 0.2) is 53.4 Å². The van der Waals surface area contributed by atoms with Crippen molar-refractivity contribution in [3.8, 4) is 6.07 Å². The Labute approximate surface area is 166 Å². The first-order valence-electron chi connectivity index (χ1n) is 8.54. The third-order valence-corrected chi connectivity index (χ3v) is 5.06. The van der Waals surface area contributed by atoms with E-state index in [1.807, 2.05) is 12.1 Å². The predicted octanol–water partition coefficient (Wildman–Crippen LogP) is 2.83. The van der Waals surface area contributed by atoms with E-state index in [1.165, 1.54) is 22.7 Å². The van der Waals surface area contributed by atoms with Crippen LogP contribution < -0.4 is 10.2 Å². The summed E-state index contributed by atoms with van der Waals surface area (Å²) in [5.74, 6) is -0.872. The van der Waals surface area contributed by atoms with Crippen molar-refractivity contribution in [3.63, 3.8) is 0 Å². The number of carbonyl (C=O) groups is 3. The Morgan fingerprint density at radius 3 is 2.75 bits per heavy atom. The van der Waals surface area contributed by atoms with E-state index >= 15 is 0 Å². The molecule has 0 unspecified atom stereocenters. The van der Waals surface area contributed by atoms with Gasteiger partial charge in [0.25, 0.3) is 5.91 Å². The van der Waals surface area contributed by atoms with Crippen molar-refractivity contribution in [2.75, 3.05) is 29.1 Å². The van der Waals surface area contributed by atoms with Crippen molar-refractivity contribution in [2.45, 2.75) is 11.3 Å². The maximum atomic E-state index is 12.5.